The molecule has 1 aromatic carbocycles. The first kappa shape index (κ1) is 20.8. The van der Waals surface area contributed by atoms with Crippen LogP contribution in [0, 0.1) is 5.41 Å². The molecule has 0 aliphatic heterocycles. The fraction of sp³-hybridized carbons (Fsp3) is 0.450. The molecule has 0 bridgehead atoms. The normalized spacial score (nSPS) is 19.1. The molecule has 9 nitrogen and oxygen atoms in total. The highest BCUT2D eigenvalue weighted by Crippen LogP contribution is 2.24. The van der Waals surface area contributed by atoms with Gasteiger partial charge in [-0.15, -0.1) is 0 Å². The second kappa shape index (κ2) is 9.53. The van der Waals surface area contributed by atoms with Gasteiger partial charge in [-0.2, -0.15) is 0 Å². The molecule has 0 spiro atoms. The Morgan fingerprint density at radius 1 is 1.24 bits per heavy atom. The summed E-state index contributed by atoms with van der Waals surface area (Å²) in [5.74, 6) is -0.611. The van der Waals surface area contributed by atoms with Crippen molar-refractivity contribution in [1.82, 2.24) is 5.32 Å². The predicted molar refractivity (Wildman–Crippen MR) is 105 cm³/mol. The molecule has 3 rings (SSSR count). The van der Waals surface area contributed by atoms with E-state index in [2.05, 4.69) is 5.32 Å². The Morgan fingerprint density at radius 3 is 2.69 bits per heavy atom. The van der Waals surface area contributed by atoms with E-state index in [1.165, 1.54) is 0 Å². The number of rotatable bonds is 8. The van der Waals surface area contributed by atoms with Crippen molar-refractivity contribution in [2.45, 2.75) is 37.8 Å². The van der Waals surface area contributed by atoms with Gasteiger partial charge in [0, 0.05) is 17.0 Å². The Morgan fingerprint density at radius 2 is 2.00 bits per heavy atom. The Hall–Kier alpha value is -2.91. The molecule has 0 saturated heterocycles. The van der Waals surface area contributed by atoms with Crippen LogP contribution in [0.3, 0.4) is 0 Å². The number of nitrogen functional groups attached to an aromatic ring is 1. The molecule has 1 aromatic heterocycles. The zero-order valence-electron chi connectivity index (χ0n) is 16.0. The van der Waals surface area contributed by atoms with Crippen LogP contribution in [0.1, 0.15) is 41.8 Å². The van der Waals surface area contributed by atoms with Gasteiger partial charge in [-0.1, -0.05) is 0 Å². The maximum Gasteiger partial charge on any atom is 0.332 e. The standard InChI is InChI=1S/C20H25N3O6/c21-19(22)12-1-6-16-13(9-12)10-17(29-16)20(26)23-14-2-4-15(5-3-14)28-11-18(25)27-8-7-24/h1,6,9-10,14-15,24H,2-5,7-8,11H2,(H3,21,22)(H,23,26)/t14-,15-. The van der Waals surface area contributed by atoms with E-state index in [4.69, 9.17) is 30.1 Å². The summed E-state index contributed by atoms with van der Waals surface area (Å²) < 4.78 is 15.9. The van der Waals surface area contributed by atoms with Crippen molar-refractivity contribution in [3.63, 3.8) is 0 Å². The van der Waals surface area contributed by atoms with Crippen LogP contribution in [0.5, 0.6) is 0 Å². The molecule has 29 heavy (non-hydrogen) atoms. The highest BCUT2D eigenvalue weighted by atomic mass is 16.6. The Bertz CT molecular complexity index is 885. The van der Waals surface area contributed by atoms with Gasteiger partial charge in [0.05, 0.1) is 12.7 Å². The molecule has 5 N–H and O–H groups in total. The number of nitrogens with two attached hydrogens (primary N) is 1. The maximum absolute atomic E-state index is 12.5. The van der Waals surface area contributed by atoms with Gasteiger partial charge < -0.3 is 30.0 Å². The first-order valence-electron chi connectivity index (χ1n) is 9.53. The first-order valence-corrected chi connectivity index (χ1v) is 9.53. The van der Waals surface area contributed by atoms with E-state index < -0.39 is 5.97 Å². The molecule has 1 heterocycles. The van der Waals surface area contributed by atoms with Crippen molar-refractivity contribution in [3.05, 3.63) is 35.6 Å². The van der Waals surface area contributed by atoms with E-state index in [0.29, 0.717) is 16.5 Å². The van der Waals surface area contributed by atoms with Crippen molar-refractivity contribution in [1.29, 1.82) is 5.41 Å². The number of esters is 1. The lowest BCUT2D eigenvalue weighted by atomic mass is 9.93. The number of aliphatic hydroxyl groups excluding tert-OH is 1. The van der Waals surface area contributed by atoms with Crippen LogP contribution < -0.4 is 11.1 Å². The van der Waals surface area contributed by atoms with Crippen LogP contribution in [0.15, 0.2) is 28.7 Å². The van der Waals surface area contributed by atoms with Gasteiger partial charge in [-0.05, 0) is 49.9 Å². The molecule has 0 radical (unpaired) electrons. The third-order valence-electron chi connectivity index (χ3n) is 4.85. The van der Waals surface area contributed by atoms with Gasteiger partial charge in [0.2, 0.25) is 0 Å². The van der Waals surface area contributed by atoms with Gasteiger partial charge in [0.1, 0.15) is 24.6 Å². The van der Waals surface area contributed by atoms with Gasteiger partial charge in [-0.3, -0.25) is 10.2 Å². The van der Waals surface area contributed by atoms with Crippen LogP contribution >= 0.6 is 0 Å². The third-order valence-corrected chi connectivity index (χ3v) is 4.85. The first-order chi connectivity index (χ1) is 14.0. The lowest BCUT2D eigenvalue weighted by molar-refractivity contribution is -0.152. The largest absolute Gasteiger partial charge is 0.462 e. The van der Waals surface area contributed by atoms with E-state index in [1.807, 2.05) is 0 Å². The number of amidine groups is 1. The number of fused-ring (bicyclic) bond motifs is 1. The average Bonchev–Trinajstić information content (AvgIpc) is 3.15. The molecule has 2 aromatic rings. The number of carbonyl (C=O) groups is 2. The second-order valence-corrected chi connectivity index (χ2v) is 6.98. The smallest absolute Gasteiger partial charge is 0.332 e. The zero-order chi connectivity index (χ0) is 20.8. The van der Waals surface area contributed by atoms with E-state index >= 15 is 0 Å². The maximum atomic E-state index is 12.5. The van der Waals surface area contributed by atoms with Crippen molar-refractivity contribution >= 4 is 28.7 Å². The quantitative estimate of drug-likeness (QED) is 0.295. The van der Waals surface area contributed by atoms with Crippen molar-refractivity contribution in [2.75, 3.05) is 19.8 Å². The summed E-state index contributed by atoms with van der Waals surface area (Å²) in [6.07, 6.45) is 2.86. The summed E-state index contributed by atoms with van der Waals surface area (Å²) in [7, 11) is 0. The molecule has 0 unspecified atom stereocenters. The minimum absolute atomic E-state index is 0.00434. The molecule has 1 aliphatic rings. The van der Waals surface area contributed by atoms with Gasteiger partial charge in [0.15, 0.2) is 5.76 Å². The lowest BCUT2D eigenvalue weighted by Gasteiger charge is -2.28. The Labute approximate surface area is 167 Å². The minimum Gasteiger partial charge on any atom is -0.462 e. The van der Waals surface area contributed by atoms with Crippen LogP contribution in [-0.4, -0.2) is 54.8 Å². The zero-order valence-corrected chi connectivity index (χ0v) is 16.0. The number of hydrogen-bond acceptors (Lipinski definition) is 7. The number of amides is 1. The molecule has 1 amide bonds. The van der Waals surface area contributed by atoms with Crippen LogP contribution in [-0.2, 0) is 14.3 Å². The molecular formula is C20H25N3O6. The van der Waals surface area contributed by atoms with Crippen molar-refractivity contribution < 1.29 is 28.6 Å². The van der Waals surface area contributed by atoms with Crippen LogP contribution in [0.4, 0.5) is 0 Å². The molecule has 1 saturated carbocycles. The summed E-state index contributed by atoms with van der Waals surface area (Å²) >= 11 is 0. The van der Waals surface area contributed by atoms with E-state index in [-0.39, 0.29) is 49.5 Å². The fourth-order valence-electron chi connectivity index (χ4n) is 3.34. The average molecular weight is 403 g/mol. The topological polar surface area (TPSA) is 148 Å². The van der Waals surface area contributed by atoms with Gasteiger partial charge in [0.25, 0.3) is 5.91 Å². The molecule has 156 valence electrons. The summed E-state index contributed by atoms with van der Waals surface area (Å²) in [4.78, 5) is 23.9. The van der Waals surface area contributed by atoms with Gasteiger partial charge in [-0.25, -0.2) is 4.79 Å². The van der Waals surface area contributed by atoms with E-state index in [0.717, 1.165) is 25.7 Å². The van der Waals surface area contributed by atoms with Crippen molar-refractivity contribution in [3.8, 4) is 0 Å². The number of carbonyl (C=O) groups excluding carboxylic acids is 2. The monoisotopic (exact) mass is 403 g/mol. The number of aliphatic hydroxyl groups is 1. The molecule has 1 fully saturated rings. The highest BCUT2D eigenvalue weighted by molar-refractivity contribution is 6.00. The van der Waals surface area contributed by atoms with E-state index in [9.17, 15) is 9.59 Å². The summed E-state index contributed by atoms with van der Waals surface area (Å²) in [6, 6.07) is 6.73. The van der Waals surface area contributed by atoms with Crippen LogP contribution in [0.2, 0.25) is 0 Å². The minimum atomic E-state index is -0.493. The molecule has 0 atom stereocenters. The lowest BCUT2D eigenvalue weighted by Crippen LogP contribution is -2.39. The fourth-order valence-corrected chi connectivity index (χ4v) is 3.34. The second-order valence-electron chi connectivity index (χ2n) is 6.98. The Balaban J connectivity index is 1.48. The SMILES string of the molecule is N=C(N)c1ccc2oc(C(=O)N[C@H]3CC[C@H](OCC(=O)OCCO)CC3)cc2c1. The number of hydrogen-bond donors (Lipinski definition) is 4. The highest BCUT2D eigenvalue weighted by Gasteiger charge is 2.25. The van der Waals surface area contributed by atoms with Gasteiger partial charge >= 0.3 is 5.97 Å². The molecular weight excluding hydrogens is 378 g/mol. The Kier molecular flexibility index (Phi) is 6.84. The van der Waals surface area contributed by atoms with Crippen LogP contribution in [0.25, 0.3) is 11.0 Å². The summed E-state index contributed by atoms with van der Waals surface area (Å²) in [5.41, 5.74) is 6.63. The number of ether oxygens (including phenoxy) is 2. The number of nitrogens with one attached hydrogen (secondary N) is 2. The van der Waals surface area contributed by atoms with Crippen molar-refractivity contribution in [2.24, 2.45) is 5.73 Å². The molecule has 9 heteroatoms. The predicted octanol–water partition coefficient (Wildman–Crippen LogP) is 1.31. The van der Waals surface area contributed by atoms with E-state index in [1.54, 1.807) is 24.3 Å². The number of benzene rings is 1. The summed E-state index contributed by atoms with van der Waals surface area (Å²) in [6.45, 7) is -0.374. The third kappa shape index (κ3) is 5.55. The summed E-state index contributed by atoms with van der Waals surface area (Å²) in [5, 5.41) is 19.8. The number of furan rings is 1. The molecule has 1 aliphatic carbocycles.